The van der Waals surface area contributed by atoms with Crippen LogP contribution in [0.3, 0.4) is 0 Å². The number of thioether (sulfide) groups is 1. The van der Waals surface area contributed by atoms with E-state index in [2.05, 4.69) is 0 Å². The van der Waals surface area contributed by atoms with Crippen LogP contribution in [0.15, 0.2) is 24.3 Å². The highest BCUT2D eigenvalue weighted by Crippen LogP contribution is 2.19. The van der Waals surface area contributed by atoms with Gasteiger partial charge in [0.15, 0.2) is 0 Å². The Labute approximate surface area is 83.9 Å². The Kier molecular flexibility index (Phi) is 3.88. The summed E-state index contributed by atoms with van der Waals surface area (Å²) < 4.78 is 23.6. The second-order valence-electron chi connectivity index (χ2n) is 2.57. The molecule has 1 N–H and O–H groups in total. The molecular formula is C9H8F2O2S. The summed E-state index contributed by atoms with van der Waals surface area (Å²) in [5.41, 5.74) is 0.857. The maximum Gasteiger partial charge on any atom is 0.335 e. The van der Waals surface area contributed by atoms with E-state index in [9.17, 15) is 13.6 Å². The van der Waals surface area contributed by atoms with Gasteiger partial charge in [-0.3, -0.25) is 0 Å². The summed E-state index contributed by atoms with van der Waals surface area (Å²) in [6.07, 6.45) is 0. The molecule has 0 radical (unpaired) electrons. The van der Waals surface area contributed by atoms with Crippen LogP contribution >= 0.6 is 11.8 Å². The van der Waals surface area contributed by atoms with Crippen LogP contribution in [-0.2, 0) is 5.75 Å². The van der Waals surface area contributed by atoms with Crippen molar-refractivity contribution in [3.8, 4) is 0 Å². The van der Waals surface area contributed by atoms with E-state index in [1.807, 2.05) is 0 Å². The number of aromatic carboxylic acids is 1. The van der Waals surface area contributed by atoms with Gasteiger partial charge >= 0.3 is 5.97 Å². The van der Waals surface area contributed by atoms with Gasteiger partial charge in [-0.25, -0.2) is 4.79 Å². The van der Waals surface area contributed by atoms with Gasteiger partial charge in [-0.05, 0) is 17.7 Å². The van der Waals surface area contributed by atoms with Gasteiger partial charge in [0, 0.05) is 5.75 Å². The van der Waals surface area contributed by atoms with Gasteiger partial charge in [0.05, 0.1) is 5.56 Å². The zero-order valence-electron chi connectivity index (χ0n) is 7.11. The van der Waals surface area contributed by atoms with Gasteiger partial charge < -0.3 is 5.11 Å². The monoisotopic (exact) mass is 218 g/mol. The van der Waals surface area contributed by atoms with Gasteiger partial charge in [0.2, 0.25) is 0 Å². The highest BCUT2D eigenvalue weighted by atomic mass is 32.2. The van der Waals surface area contributed by atoms with E-state index in [-0.39, 0.29) is 11.3 Å². The maximum absolute atomic E-state index is 11.8. The predicted octanol–water partition coefficient (Wildman–Crippen LogP) is 2.84. The number of alkyl halides is 2. The third kappa shape index (κ3) is 3.33. The Morgan fingerprint density at radius 2 is 1.93 bits per heavy atom. The summed E-state index contributed by atoms with van der Waals surface area (Å²) >= 11 is 0.518. The zero-order chi connectivity index (χ0) is 10.6. The lowest BCUT2D eigenvalue weighted by Gasteiger charge is -2.00. The SMILES string of the molecule is O=C(O)c1ccc(CSC(F)F)cc1. The smallest absolute Gasteiger partial charge is 0.335 e. The lowest BCUT2D eigenvalue weighted by Crippen LogP contribution is -1.95. The lowest BCUT2D eigenvalue weighted by atomic mass is 10.1. The van der Waals surface area contributed by atoms with Gasteiger partial charge in [-0.1, -0.05) is 23.9 Å². The molecule has 0 amide bonds. The highest BCUT2D eigenvalue weighted by molar-refractivity contribution is 7.98. The second-order valence-corrected chi connectivity index (χ2v) is 3.55. The van der Waals surface area contributed by atoms with E-state index < -0.39 is 11.7 Å². The standard InChI is InChI=1S/C9H8F2O2S/c10-9(11)14-5-6-1-3-7(4-2-6)8(12)13/h1-4,9H,5H2,(H,12,13). The molecule has 1 aromatic carbocycles. The first-order valence-electron chi connectivity index (χ1n) is 3.81. The number of carboxylic acids is 1. The molecule has 1 rings (SSSR count). The van der Waals surface area contributed by atoms with Crippen LogP contribution in [-0.4, -0.2) is 16.8 Å². The summed E-state index contributed by atoms with van der Waals surface area (Å²) in [6.45, 7) is 0. The van der Waals surface area contributed by atoms with E-state index in [0.29, 0.717) is 17.3 Å². The number of carboxylic acid groups (broad SMARTS) is 1. The quantitative estimate of drug-likeness (QED) is 0.844. The third-order valence-corrected chi connectivity index (χ3v) is 2.33. The Morgan fingerprint density at radius 3 is 2.36 bits per heavy atom. The topological polar surface area (TPSA) is 37.3 Å². The van der Waals surface area contributed by atoms with Crippen LogP contribution in [0.4, 0.5) is 8.78 Å². The molecule has 76 valence electrons. The van der Waals surface area contributed by atoms with Crippen LogP contribution in [0, 0.1) is 0 Å². The van der Waals surface area contributed by atoms with Crippen molar-refractivity contribution in [1.82, 2.24) is 0 Å². The fourth-order valence-electron chi connectivity index (χ4n) is 0.903. The molecule has 0 bridgehead atoms. The first kappa shape index (κ1) is 11.0. The molecule has 0 saturated heterocycles. The Bertz CT molecular complexity index is 311. The fraction of sp³-hybridized carbons (Fsp3) is 0.222. The second kappa shape index (κ2) is 4.95. The van der Waals surface area contributed by atoms with Gasteiger partial charge in [0.25, 0.3) is 5.76 Å². The van der Waals surface area contributed by atoms with Crippen molar-refractivity contribution in [3.05, 3.63) is 35.4 Å². The van der Waals surface area contributed by atoms with Gasteiger partial charge in [0.1, 0.15) is 0 Å². The number of benzene rings is 1. The van der Waals surface area contributed by atoms with Gasteiger partial charge in [-0.2, -0.15) is 8.78 Å². The lowest BCUT2D eigenvalue weighted by molar-refractivity contribution is 0.0697. The van der Waals surface area contributed by atoms with E-state index >= 15 is 0 Å². The molecule has 0 atom stereocenters. The van der Waals surface area contributed by atoms with Crippen LogP contribution < -0.4 is 0 Å². The average Bonchev–Trinajstić information content (AvgIpc) is 2.15. The first-order chi connectivity index (χ1) is 6.59. The van der Waals surface area contributed by atoms with Crippen molar-refractivity contribution in [2.75, 3.05) is 0 Å². The molecule has 2 nitrogen and oxygen atoms in total. The molecular weight excluding hydrogens is 210 g/mol. The molecule has 0 unspecified atom stereocenters. The zero-order valence-corrected chi connectivity index (χ0v) is 7.93. The number of carbonyl (C=O) groups is 1. The molecule has 0 aliphatic heterocycles. The van der Waals surface area contributed by atoms with Crippen molar-refractivity contribution >= 4 is 17.7 Å². The fourth-order valence-corrected chi connectivity index (χ4v) is 1.41. The minimum absolute atomic E-state index is 0.163. The summed E-state index contributed by atoms with van der Waals surface area (Å²) in [6, 6.07) is 5.89. The van der Waals surface area contributed by atoms with E-state index in [4.69, 9.17) is 5.11 Å². The summed E-state index contributed by atoms with van der Waals surface area (Å²) in [5, 5.41) is 8.57. The van der Waals surface area contributed by atoms with E-state index in [0.717, 1.165) is 0 Å². The van der Waals surface area contributed by atoms with Gasteiger partial charge in [-0.15, -0.1) is 0 Å². The third-order valence-electron chi connectivity index (χ3n) is 1.58. The largest absolute Gasteiger partial charge is 0.478 e. The first-order valence-corrected chi connectivity index (χ1v) is 4.86. The number of rotatable bonds is 4. The van der Waals surface area contributed by atoms with Crippen molar-refractivity contribution in [3.63, 3.8) is 0 Å². The molecule has 0 saturated carbocycles. The highest BCUT2D eigenvalue weighted by Gasteiger charge is 2.05. The number of hydrogen-bond donors (Lipinski definition) is 1. The molecule has 0 heterocycles. The van der Waals surface area contributed by atoms with Crippen LogP contribution in [0.2, 0.25) is 0 Å². The van der Waals surface area contributed by atoms with E-state index in [1.54, 1.807) is 12.1 Å². The predicted molar refractivity (Wildman–Crippen MR) is 50.7 cm³/mol. The molecule has 5 heteroatoms. The molecule has 0 aliphatic carbocycles. The molecule has 0 spiro atoms. The summed E-state index contributed by atoms with van der Waals surface area (Å²) in [5.74, 6) is -3.22. The minimum Gasteiger partial charge on any atom is -0.478 e. The summed E-state index contributed by atoms with van der Waals surface area (Å²) in [7, 11) is 0. The van der Waals surface area contributed by atoms with Crippen LogP contribution in [0.5, 0.6) is 0 Å². The van der Waals surface area contributed by atoms with Crippen molar-refractivity contribution in [2.45, 2.75) is 11.5 Å². The normalized spacial score (nSPS) is 10.5. The number of halogens is 2. The molecule has 0 aliphatic rings. The van der Waals surface area contributed by atoms with Crippen molar-refractivity contribution < 1.29 is 18.7 Å². The minimum atomic E-state index is -2.39. The summed E-state index contributed by atoms with van der Waals surface area (Å²) in [4.78, 5) is 10.5. The molecule has 14 heavy (non-hydrogen) atoms. The van der Waals surface area contributed by atoms with Crippen molar-refractivity contribution in [2.24, 2.45) is 0 Å². The average molecular weight is 218 g/mol. The van der Waals surface area contributed by atoms with E-state index in [1.165, 1.54) is 12.1 Å². The maximum atomic E-state index is 11.8. The Morgan fingerprint density at radius 1 is 1.36 bits per heavy atom. The Hall–Kier alpha value is -1.10. The molecule has 0 fully saturated rings. The van der Waals surface area contributed by atoms with Crippen LogP contribution in [0.1, 0.15) is 15.9 Å². The Balaban J connectivity index is 2.60. The molecule has 1 aromatic rings. The molecule has 0 aromatic heterocycles. The van der Waals surface area contributed by atoms with Crippen molar-refractivity contribution in [1.29, 1.82) is 0 Å². The van der Waals surface area contributed by atoms with Crippen LogP contribution in [0.25, 0.3) is 0 Å². The number of hydrogen-bond acceptors (Lipinski definition) is 2.